The summed E-state index contributed by atoms with van der Waals surface area (Å²) in [5.41, 5.74) is 1.66. The first-order valence-electron chi connectivity index (χ1n) is 8.06. The molecule has 6 nitrogen and oxygen atoms in total. The fraction of sp³-hybridized carbons (Fsp3) is 0.353. The maximum absolute atomic E-state index is 12.1. The van der Waals surface area contributed by atoms with E-state index in [0.717, 1.165) is 39.6 Å². The quantitative estimate of drug-likeness (QED) is 0.770. The second kappa shape index (κ2) is 5.90. The zero-order chi connectivity index (χ0) is 16.7. The molecule has 0 radical (unpaired) electrons. The molecule has 2 aromatic heterocycles. The summed E-state index contributed by atoms with van der Waals surface area (Å²) in [4.78, 5) is 16.8. The number of para-hydroxylation sites is 1. The van der Waals surface area contributed by atoms with E-state index in [1.54, 1.807) is 4.68 Å². The molecule has 7 heteroatoms. The van der Waals surface area contributed by atoms with Gasteiger partial charge in [0, 0.05) is 12.0 Å². The lowest BCUT2D eigenvalue weighted by molar-refractivity contribution is -0.117. The molecule has 1 aliphatic carbocycles. The van der Waals surface area contributed by atoms with Gasteiger partial charge in [0.05, 0.1) is 17.0 Å². The Balaban J connectivity index is 1.74. The summed E-state index contributed by atoms with van der Waals surface area (Å²) in [5.74, 6) is 1.65. The van der Waals surface area contributed by atoms with Crippen molar-refractivity contribution < 1.29 is 9.53 Å². The Morgan fingerprint density at radius 3 is 3.04 bits per heavy atom. The number of aryl methyl sites for hydroxylation is 1. The molecule has 0 unspecified atom stereocenters. The van der Waals surface area contributed by atoms with Crippen LogP contribution in [0.3, 0.4) is 0 Å². The average Bonchev–Trinajstić information content (AvgIpc) is 3.22. The van der Waals surface area contributed by atoms with Crippen molar-refractivity contribution in [2.24, 2.45) is 5.92 Å². The number of nitrogens with zero attached hydrogens (tertiary/aromatic N) is 3. The van der Waals surface area contributed by atoms with Gasteiger partial charge < -0.3 is 10.1 Å². The molecule has 1 aromatic carbocycles. The molecule has 24 heavy (non-hydrogen) atoms. The lowest BCUT2D eigenvalue weighted by Gasteiger charge is -2.05. The minimum Gasteiger partial charge on any atom is -0.492 e. The Bertz CT molecular complexity index is 911. The molecule has 0 aliphatic heterocycles. The first kappa shape index (κ1) is 15.1. The van der Waals surface area contributed by atoms with Crippen molar-refractivity contribution in [3.63, 3.8) is 0 Å². The number of carbonyl (C=O) groups is 1. The molecule has 0 spiro atoms. The van der Waals surface area contributed by atoms with E-state index in [9.17, 15) is 4.79 Å². The first-order valence-corrected chi connectivity index (χ1v) is 8.87. The van der Waals surface area contributed by atoms with Crippen molar-refractivity contribution in [1.29, 1.82) is 0 Å². The highest BCUT2D eigenvalue weighted by Gasteiger charge is 2.30. The van der Waals surface area contributed by atoms with Gasteiger partial charge >= 0.3 is 0 Å². The van der Waals surface area contributed by atoms with Gasteiger partial charge in [-0.15, -0.1) is 0 Å². The van der Waals surface area contributed by atoms with Crippen LogP contribution in [0.25, 0.3) is 15.3 Å². The Morgan fingerprint density at radius 1 is 1.46 bits per heavy atom. The minimum absolute atomic E-state index is 0.0623. The van der Waals surface area contributed by atoms with E-state index in [-0.39, 0.29) is 11.8 Å². The normalized spacial score (nSPS) is 14.1. The maximum atomic E-state index is 12.1. The van der Waals surface area contributed by atoms with E-state index >= 15 is 0 Å². The van der Waals surface area contributed by atoms with Gasteiger partial charge in [-0.05, 0) is 38.8 Å². The predicted molar refractivity (Wildman–Crippen MR) is 94.0 cm³/mol. The number of amides is 1. The van der Waals surface area contributed by atoms with E-state index in [1.807, 2.05) is 38.1 Å². The van der Waals surface area contributed by atoms with Crippen LogP contribution in [0.5, 0.6) is 5.75 Å². The predicted octanol–water partition coefficient (Wildman–Crippen LogP) is 3.54. The monoisotopic (exact) mass is 342 g/mol. The van der Waals surface area contributed by atoms with Crippen molar-refractivity contribution in [3.8, 4) is 10.9 Å². The summed E-state index contributed by atoms with van der Waals surface area (Å²) in [6.07, 6.45) is 1.94. The SMILES string of the molecule is CCOc1cccc2sc(-n3nc(C)cc3NC(=O)C3CC3)nc12. The van der Waals surface area contributed by atoms with Gasteiger partial charge in [-0.1, -0.05) is 17.4 Å². The van der Waals surface area contributed by atoms with E-state index < -0.39 is 0 Å². The Kier molecular flexibility index (Phi) is 3.72. The van der Waals surface area contributed by atoms with Crippen molar-refractivity contribution >= 4 is 33.3 Å². The average molecular weight is 342 g/mol. The largest absolute Gasteiger partial charge is 0.492 e. The third-order valence-corrected chi connectivity index (χ3v) is 4.88. The van der Waals surface area contributed by atoms with Crippen molar-refractivity contribution in [2.75, 3.05) is 11.9 Å². The highest BCUT2D eigenvalue weighted by atomic mass is 32.1. The molecule has 3 aromatic rings. The lowest BCUT2D eigenvalue weighted by Crippen LogP contribution is -2.16. The molecular weight excluding hydrogens is 324 g/mol. The standard InChI is InChI=1S/C17H18N4O2S/c1-3-23-12-5-4-6-13-15(12)19-17(24-13)21-14(9-10(2)20-21)18-16(22)11-7-8-11/h4-6,9,11H,3,7-8H2,1-2H3,(H,18,22). The summed E-state index contributed by atoms with van der Waals surface area (Å²) in [5, 5.41) is 8.19. The van der Waals surface area contributed by atoms with Crippen LogP contribution in [0.1, 0.15) is 25.5 Å². The fourth-order valence-corrected chi connectivity index (χ4v) is 3.53. The number of thiazole rings is 1. The van der Waals surface area contributed by atoms with Crippen molar-refractivity contribution in [2.45, 2.75) is 26.7 Å². The van der Waals surface area contributed by atoms with Crippen LogP contribution in [-0.2, 0) is 4.79 Å². The van der Waals surface area contributed by atoms with Crippen LogP contribution >= 0.6 is 11.3 Å². The van der Waals surface area contributed by atoms with Crippen LogP contribution in [0, 0.1) is 12.8 Å². The molecule has 124 valence electrons. The number of hydrogen-bond donors (Lipinski definition) is 1. The molecule has 1 N–H and O–H groups in total. The van der Waals surface area contributed by atoms with Crippen LogP contribution in [-0.4, -0.2) is 27.3 Å². The third-order valence-electron chi connectivity index (χ3n) is 3.88. The van der Waals surface area contributed by atoms with Crippen molar-refractivity contribution in [1.82, 2.24) is 14.8 Å². The minimum atomic E-state index is 0.0623. The highest BCUT2D eigenvalue weighted by molar-refractivity contribution is 7.20. The number of ether oxygens (including phenoxy) is 1. The number of benzene rings is 1. The van der Waals surface area contributed by atoms with E-state index in [1.165, 1.54) is 11.3 Å². The summed E-state index contributed by atoms with van der Waals surface area (Å²) < 4.78 is 8.39. The van der Waals surface area contributed by atoms with Crippen LogP contribution in [0.4, 0.5) is 5.82 Å². The molecule has 1 amide bonds. The summed E-state index contributed by atoms with van der Waals surface area (Å²) in [6, 6.07) is 7.76. The fourth-order valence-electron chi connectivity index (χ4n) is 2.58. The molecule has 1 aliphatic rings. The van der Waals surface area contributed by atoms with E-state index in [0.29, 0.717) is 12.4 Å². The van der Waals surface area contributed by atoms with Gasteiger partial charge in [-0.3, -0.25) is 4.79 Å². The first-order chi connectivity index (χ1) is 11.7. The molecule has 1 saturated carbocycles. The number of hydrogen-bond acceptors (Lipinski definition) is 5. The number of fused-ring (bicyclic) bond motifs is 1. The number of nitrogens with one attached hydrogen (secondary N) is 1. The Hall–Kier alpha value is -2.41. The van der Waals surface area contributed by atoms with Gasteiger partial charge in [0.25, 0.3) is 0 Å². The van der Waals surface area contributed by atoms with Gasteiger partial charge in [0.2, 0.25) is 11.0 Å². The van der Waals surface area contributed by atoms with Crippen molar-refractivity contribution in [3.05, 3.63) is 30.0 Å². The molecule has 0 saturated heterocycles. The van der Waals surface area contributed by atoms with Crippen LogP contribution in [0.2, 0.25) is 0 Å². The maximum Gasteiger partial charge on any atom is 0.228 e. The molecule has 4 rings (SSSR count). The number of anilines is 1. The molecule has 0 atom stereocenters. The zero-order valence-corrected chi connectivity index (χ0v) is 14.4. The lowest BCUT2D eigenvalue weighted by atomic mass is 10.3. The summed E-state index contributed by atoms with van der Waals surface area (Å²) >= 11 is 1.53. The van der Waals surface area contributed by atoms with Gasteiger partial charge in [-0.2, -0.15) is 9.78 Å². The highest BCUT2D eigenvalue weighted by Crippen LogP contribution is 2.34. The molecular formula is C17H18N4O2S. The number of aromatic nitrogens is 3. The van der Waals surface area contributed by atoms with E-state index in [2.05, 4.69) is 15.4 Å². The van der Waals surface area contributed by atoms with Gasteiger partial charge in [0.15, 0.2) is 0 Å². The Morgan fingerprint density at radius 2 is 2.29 bits per heavy atom. The van der Waals surface area contributed by atoms with Gasteiger partial charge in [-0.25, -0.2) is 4.98 Å². The second-order valence-corrected chi connectivity index (χ2v) is 6.89. The topological polar surface area (TPSA) is 69.0 Å². The molecule has 0 bridgehead atoms. The third kappa shape index (κ3) is 2.75. The summed E-state index contributed by atoms with van der Waals surface area (Å²) in [7, 11) is 0. The number of rotatable bonds is 5. The Labute approximate surface area is 143 Å². The summed E-state index contributed by atoms with van der Waals surface area (Å²) in [6.45, 7) is 4.45. The smallest absolute Gasteiger partial charge is 0.228 e. The molecule has 2 heterocycles. The second-order valence-electron chi connectivity index (χ2n) is 5.88. The van der Waals surface area contributed by atoms with E-state index in [4.69, 9.17) is 4.74 Å². The van der Waals surface area contributed by atoms with Crippen LogP contribution < -0.4 is 10.1 Å². The van der Waals surface area contributed by atoms with Crippen LogP contribution in [0.15, 0.2) is 24.3 Å². The molecule has 1 fully saturated rings. The van der Waals surface area contributed by atoms with Gasteiger partial charge in [0.1, 0.15) is 17.1 Å². The zero-order valence-electron chi connectivity index (χ0n) is 13.6. The number of carbonyl (C=O) groups excluding carboxylic acids is 1.